The summed E-state index contributed by atoms with van der Waals surface area (Å²) in [6.07, 6.45) is 31.6. The van der Waals surface area contributed by atoms with Gasteiger partial charge >= 0.3 is 21.7 Å². The van der Waals surface area contributed by atoms with Gasteiger partial charge in [-0.2, -0.15) is 11.3 Å². The molecule has 1 aliphatic carbocycles. The largest absolute Gasteiger partial charge is 4.00 e. The van der Waals surface area contributed by atoms with Crippen molar-refractivity contribution < 1.29 is 58.9 Å². The summed E-state index contributed by atoms with van der Waals surface area (Å²) in [5, 5.41) is 3.33. The van der Waals surface area contributed by atoms with Gasteiger partial charge in [0.15, 0.2) is 0 Å². The van der Waals surface area contributed by atoms with Crippen molar-refractivity contribution in [3.63, 3.8) is 0 Å². The molecule has 39 heavy (non-hydrogen) atoms. The van der Waals surface area contributed by atoms with E-state index in [0.29, 0.717) is 5.92 Å². The van der Waals surface area contributed by atoms with Crippen LogP contribution in [0.1, 0.15) is 136 Å². The Bertz CT molecular complexity index is 737. The number of unbranched alkanes of at least 4 members (excludes halogenated alkanes) is 15. The summed E-state index contributed by atoms with van der Waals surface area (Å²) < 4.78 is 0. The van der Waals surface area contributed by atoms with Gasteiger partial charge in [0.2, 0.25) is 0 Å². The average Bonchev–Trinajstić information content (AvgIpc) is 3.39. The fourth-order valence-electron chi connectivity index (χ4n) is 5.90. The molecule has 0 nitrogen and oxygen atoms in total. The normalized spacial score (nSPS) is 14.5. The van der Waals surface area contributed by atoms with Crippen LogP contribution in [0.25, 0.3) is 0 Å². The molecular weight excluding hydrogens is 591 g/mol. The van der Waals surface area contributed by atoms with Crippen LogP contribution in [-0.2, 0) is 21.7 Å². The molecule has 0 radical (unpaired) electrons. The van der Waals surface area contributed by atoms with Crippen LogP contribution < -0.4 is 42.4 Å². The molecule has 2 unspecified atom stereocenters. The Morgan fingerprint density at radius 3 is 1.56 bits per heavy atom. The van der Waals surface area contributed by atoms with Crippen LogP contribution in [0.3, 0.4) is 0 Å². The van der Waals surface area contributed by atoms with Crippen molar-refractivity contribution in [2.75, 3.05) is 0 Å². The Morgan fingerprint density at radius 1 is 0.692 bits per heavy atom. The average molecular weight is 648 g/mol. The Balaban J connectivity index is -0.00000324. The summed E-state index contributed by atoms with van der Waals surface area (Å²) in [6, 6.07) is 12.9. The topological polar surface area (TPSA) is 0 Å². The van der Waals surface area contributed by atoms with Crippen molar-refractivity contribution in [2.45, 2.75) is 149 Å². The Labute approximate surface area is 278 Å². The minimum Gasteiger partial charge on any atom is -1.00 e. The molecule has 2 atom stereocenters. The third-order valence-corrected chi connectivity index (χ3v) is 13.2. The Kier molecular flexibility index (Phi) is 30.8. The van der Waals surface area contributed by atoms with Crippen molar-refractivity contribution >= 4 is 13.3 Å². The molecule has 1 aromatic carbocycles. The van der Waals surface area contributed by atoms with E-state index in [9.17, 15) is 0 Å². The molecule has 0 bridgehead atoms. The van der Waals surface area contributed by atoms with Crippen molar-refractivity contribution in [3.8, 4) is 0 Å². The van der Waals surface area contributed by atoms with Gasteiger partial charge < -0.3 is 37.2 Å². The zero-order valence-corrected chi connectivity index (χ0v) is 30.4. The van der Waals surface area contributed by atoms with Gasteiger partial charge in [-0.05, 0) is 0 Å². The van der Waals surface area contributed by atoms with Gasteiger partial charge in [-0.1, -0.05) is 184 Å². The molecule has 5 heteroatoms. The fraction of sp³-hybridized carbons (Fsp3) is 0.706. The summed E-state index contributed by atoms with van der Waals surface area (Å²) in [5.41, 5.74) is 1.56. The first-order valence-electron chi connectivity index (χ1n) is 15.5. The summed E-state index contributed by atoms with van der Waals surface area (Å²) in [6.45, 7) is 9.66. The molecule has 1 aliphatic rings. The minimum atomic E-state index is -1.68. The second-order valence-corrected chi connectivity index (χ2v) is 15.8. The number of hydrogen-bond donors (Lipinski definition) is 0. The number of benzene rings is 1. The number of halogens is 3. The third kappa shape index (κ3) is 16.7. The second-order valence-electron chi connectivity index (χ2n) is 11.5. The number of rotatable bonds is 21. The van der Waals surface area contributed by atoms with Gasteiger partial charge in [-0.15, -0.1) is 6.42 Å². The summed E-state index contributed by atoms with van der Waals surface area (Å²) in [4.78, 5) is 0. The molecule has 0 spiro atoms. The van der Waals surface area contributed by atoms with E-state index in [1.54, 1.807) is 16.0 Å². The van der Waals surface area contributed by atoms with Crippen molar-refractivity contribution in [2.24, 2.45) is 5.92 Å². The van der Waals surface area contributed by atoms with Gasteiger partial charge in [0, 0.05) is 8.07 Å². The minimum absolute atomic E-state index is 0. The molecule has 222 valence electrons. The predicted octanol–water partition coefficient (Wildman–Crippen LogP) is 1.89. The van der Waals surface area contributed by atoms with Crippen molar-refractivity contribution in [1.29, 1.82) is 0 Å². The first-order chi connectivity index (χ1) is 17.1. The molecule has 0 aromatic heterocycles. The van der Waals surface area contributed by atoms with Crippen LogP contribution in [0.5, 0.6) is 0 Å². The van der Waals surface area contributed by atoms with Crippen molar-refractivity contribution in [1.82, 2.24) is 0 Å². The third-order valence-electron chi connectivity index (χ3n) is 8.53. The Morgan fingerprint density at radius 2 is 1.13 bits per heavy atom. The van der Waals surface area contributed by atoms with Gasteiger partial charge in [0.1, 0.15) is 0 Å². The molecule has 0 saturated heterocycles. The van der Waals surface area contributed by atoms with Crippen LogP contribution in [0.15, 0.2) is 47.2 Å². The first-order valence-corrected chi connectivity index (χ1v) is 18.2. The quantitative estimate of drug-likeness (QED) is 0.109. The van der Waals surface area contributed by atoms with E-state index in [-0.39, 0.29) is 58.9 Å². The summed E-state index contributed by atoms with van der Waals surface area (Å²) in [5.74, 6) is 0.644. The van der Waals surface area contributed by atoms with Crippen molar-refractivity contribution in [3.05, 3.63) is 53.3 Å². The van der Waals surface area contributed by atoms with Crippen LogP contribution >= 0.6 is 0 Å². The summed E-state index contributed by atoms with van der Waals surface area (Å²) in [7, 11) is -1.68. The van der Waals surface area contributed by atoms with Gasteiger partial charge in [-0.3, -0.25) is 6.08 Å². The summed E-state index contributed by atoms with van der Waals surface area (Å²) >= 11 is 0. The smallest absolute Gasteiger partial charge is 1.00 e. The predicted molar refractivity (Wildman–Crippen MR) is 161 cm³/mol. The van der Waals surface area contributed by atoms with Crippen LogP contribution in [0, 0.1) is 12.0 Å². The molecule has 0 aliphatic heterocycles. The van der Waals surface area contributed by atoms with Gasteiger partial charge in [-0.25, -0.2) is 5.57 Å². The molecular formula is C34H57Cl3SiTi. The first kappa shape index (κ1) is 43.9. The number of hydrogen-bond acceptors (Lipinski definition) is 0. The second kappa shape index (κ2) is 27.3. The number of allylic oxidation sites excluding steroid dienone is 4. The van der Waals surface area contributed by atoms with E-state index in [4.69, 9.17) is 0 Å². The van der Waals surface area contributed by atoms with E-state index in [1.807, 2.05) is 0 Å². The van der Waals surface area contributed by atoms with E-state index in [1.165, 1.54) is 115 Å². The maximum Gasteiger partial charge on any atom is 4.00 e. The van der Waals surface area contributed by atoms with Crippen LogP contribution in [-0.4, -0.2) is 8.07 Å². The van der Waals surface area contributed by atoms with E-state index < -0.39 is 8.07 Å². The standard InChI is InChI=1S/C34H57Si.3ClH.Ti/c1-5-7-8-9-10-11-12-13-14-15-16-17-18-19-20-24-30-35(4,32-26-22-21-23-27-32)34-29-25-28-33(34)31(3)6-2;;;;/h21-23,26-27,29,31H,5-20,24-25,30H2,1-4H3;3*1H;/q-1;;;;+4/p-3. The van der Waals surface area contributed by atoms with Crippen LogP contribution in [0.2, 0.25) is 12.6 Å². The van der Waals surface area contributed by atoms with Gasteiger partial charge in [0.05, 0.1) is 0 Å². The van der Waals surface area contributed by atoms with E-state index in [0.717, 1.165) is 6.42 Å². The van der Waals surface area contributed by atoms with E-state index in [2.05, 4.69) is 69.8 Å². The Hall–Kier alpha value is 0.501. The fourth-order valence-corrected chi connectivity index (χ4v) is 10.1. The molecule has 0 saturated carbocycles. The molecule has 0 heterocycles. The monoisotopic (exact) mass is 646 g/mol. The maximum absolute atomic E-state index is 3.75. The maximum atomic E-state index is 3.75. The molecule has 0 fully saturated rings. The SMILES string of the molecule is CCCCCCCCCCCCCCCCCC[Si](C)(C1=CC[C-]=C1C(C)CC)c1ccccc1.[Cl-].[Cl-].[Cl-].[Ti+4]. The molecule has 0 amide bonds. The zero-order valence-electron chi connectivity index (χ0n) is 25.6. The zero-order chi connectivity index (χ0) is 25.2. The van der Waals surface area contributed by atoms with Gasteiger partial charge in [0.25, 0.3) is 0 Å². The van der Waals surface area contributed by atoms with E-state index >= 15 is 0 Å². The van der Waals surface area contributed by atoms with Crippen LogP contribution in [0.4, 0.5) is 0 Å². The molecule has 1 aromatic rings. The molecule has 2 rings (SSSR count). The molecule has 0 N–H and O–H groups in total.